The Morgan fingerprint density at radius 1 is 1.26 bits per heavy atom. The molecular weight excluding hydrogens is 232 g/mol. The smallest absolute Gasteiger partial charge is 0.0669 e. The largest absolute Gasteiger partial charge is 0.382 e. The Kier molecular flexibility index (Phi) is 3.29. The lowest BCUT2D eigenvalue weighted by Gasteiger charge is -2.27. The Morgan fingerprint density at radius 2 is 2.05 bits per heavy atom. The van der Waals surface area contributed by atoms with Crippen LogP contribution in [0.5, 0.6) is 0 Å². The molecule has 0 heterocycles. The maximum absolute atomic E-state index is 8.67. The van der Waals surface area contributed by atoms with Gasteiger partial charge in [0.1, 0.15) is 0 Å². The minimum atomic E-state index is 0.493. The van der Waals surface area contributed by atoms with Crippen molar-refractivity contribution in [3.05, 3.63) is 42.0 Å². The zero-order valence-electron chi connectivity index (χ0n) is 11.3. The lowest BCUT2D eigenvalue weighted by molar-refractivity contribution is 0.400. The maximum Gasteiger partial charge on any atom is 0.0669 e. The second kappa shape index (κ2) is 5.09. The van der Waals surface area contributed by atoms with Gasteiger partial charge in [0.05, 0.1) is 12.5 Å². The summed E-state index contributed by atoms with van der Waals surface area (Å²) < 4.78 is 0. The number of rotatable bonds is 4. The molecule has 0 saturated heterocycles. The molecule has 98 valence electrons. The molecule has 0 aromatic heterocycles. The molecule has 2 bridgehead atoms. The predicted molar refractivity (Wildman–Crippen MR) is 77.7 cm³/mol. The Bertz CT molecular complexity index is 509. The fourth-order valence-corrected chi connectivity index (χ4v) is 3.58. The first-order chi connectivity index (χ1) is 9.26. The molecule has 19 heavy (non-hydrogen) atoms. The molecule has 1 aromatic carbocycles. The summed E-state index contributed by atoms with van der Waals surface area (Å²) >= 11 is 0. The summed E-state index contributed by atoms with van der Waals surface area (Å²) in [6, 6.07) is 11.0. The monoisotopic (exact) mass is 252 g/mol. The molecule has 4 unspecified atom stereocenters. The number of anilines is 1. The van der Waals surface area contributed by atoms with E-state index < -0.39 is 0 Å². The van der Waals surface area contributed by atoms with Gasteiger partial charge in [-0.3, -0.25) is 0 Å². The van der Waals surface area contributed by atoms with E-state index in [1.54, 1.807) is 0 Å². The lowest BCUT2D eigenvalue weighted by Crippen LogP contribution is -2.28. The molecular formula is C17H20N2. The molecule has 1 saturated carbocycles. The van der Waals surface area contributed by atoms with Gasteiger partial charge in [0.25, 0.3) is 0 Å². The zero-order valence-corrected chi connectivity index (χ0v) is 11.3. The molecule has 1 fully saturated rings. The normalized spacial score (nSPS) is 29.2. The number of benzene rings is 1. The van der Waals surface area contributed by atoms with Gasteiger partial charge in [-0.25, -0.2) is 0 Å². The Balaban J connectivity index is 1.62. The van der Waals surface area contributed by atoms with Crippen molar-refractivity contribution < 1.29 is 0 Å². The van der Waals surface area contributed by atoms with Crippen molar-refractivity contribution in [2.75, 3.05) is 5.32 Å². The molecule has 2 aliphatic rings. The van der Waals surface area contributed by atoms with Crippen LogP contribution in [-0.2, 0) is 6.42 Å². The van der Waals surface area contributed by atoms with Gasteiger partial charge in [0.2, 0.25) is 0 Å². The summed E-state index contributed by atoms with van der Waals surface area (Å²) in [7, 11) is 0. The standard InChI is InChI=1S/C17H20N2/c1-12(17-11-14-2-5-15(17)10-14)19-16-6-3-13(4-7-16)8-9-18/h2-7,12,14-15,17,19H,8,10-11H2,1H3. The highest BCUT2D eigenvalue weighted by Crippen LogP contribution is 2.45. The van der Waals surface area contributed by atoms with Crippen molar-refractivity contribution in [3.8, 4) is 6.07 Å². The molecule has 2 heteroatoms. The Labute approximate surface area is 115 Å². The van der Waals surface area contributed by atoms with Crippen LogP contribution in [0.2, 0.25) is 0 Å². The van der Waals surface area contributed by atoms with E-state index in [9.17, 15) is 0 Å². The molecule has 0 amide bonds. The molecule has 4 atom stereocenters. The van der Waals surface area contributed by atoms with E-state index in [0.29, 0.717) is 12.5 Å². The van der Waals surface area contributed by atoms with E-state index in [4.69, 9.17) is 5.26 Å². The Hall–Kier alpha value is -1.75. The fraction of sp³-hybridized carbons (Fsp3) is 0.471. The summed E-state index contributed by atoms with van der Waals surface area (Å²) in [6.45, 7) is 2.29. The summed E-state index contributed by atoms with van der Waals surface area (Å²) in [6.07, 6.45) is 7.99. The Morgan fingerprint density at radius 3 is 2.63 bits per heavy atom. The van der Waals surface area contributed by atoms with E-state index >= 15 is 0 Å². The minimum Gasteiger partial charge on any atom is -0.382 e. The van der Waals surface area contributed by atoms with Gasteiger partial charge in [-0.05, 0) is 55.2 Å². The fourth-order valence-electron chi connectivity index (χ4n) is 3.58. The number of allylic oxidation sites excluding steroid dienone is 2. The highest BCUT2D eigenvalue weighted by Gasteiger charge is 2.38. The first-order valence-electron chi connectivity index (χ1n) is 7.17. The van der Waals surface area contributed by atoms with E-state index in [1.165, 1.54) is 18.5 Å². The first kappa shape index (κ1) is 12.3. The van der Waals surface area contributed by atoms with Crippen LogP contribution in [-0.4, -0.2) is 6.04 Å². The average Bonchev–Trinajstić information content (AvgIpc) is 3.04. The van der Waals surface area contributed by atoms with Crippen LogP contribution in [0.3, 0.4) is 0 Å². The third-order valence-corrected chi connectivity index (χ3v) is 4.60. The first-order valence-corrected chi connectivity index (χ1v) is 7.17. The van der Waals surface area contributed by atoms with Gasteiger partial charge in [-0.15, -0.1) is 0 Å². The van der Waals surface area contributed by atoms with Gasteiger partial charge in [-0.2, -0.15) is 5.26 Å². The third-order valence-electron chi connectivity index (χ3n) is 4.60. The number of fused-ring (bicyclic) bond motifs is 2. The van der Waals surface area contributed by atoms with Gasteiger partial charge < -0.3 is 5.32 Å². The van der Waals surface area contributed by atoms with Gasteiger partial charge in [0.15, 0.2) is 0 Å². The average molecular weight is 252 g/mol. The predicted octanol–water partition coefficient (Wildman–Crippen LogP) is 3.77. The lowest BCUT2D eigenvalue weighted by atomic mass is 9.87. The summed E-state index contributed by atoms with van der Waals surface area (Å²) in [5, 5.41) is 12.3. The van der Waals surface area contributed by atoms with E-state index in [0.717, 1.165) is 23.3 Å². The van der Waals surface area contributed by atoms with Crippen molar-refractivity contribution >= 4 is 5.69 Å². The molecule has 0 aliphatic heterocycles. The number of hydrogen-bond acceptors (Lipinski definition) is 2. The van der Waals surface area contributed by atoms with Crippen LogP contribution in [0.1, 0.15) is 25.3 Å². The summed E-state index contributed by atoms with van der Waals surface area (Å²) in [4.78, 5) is 0. The van der Waals surface area contributed by atoms with E-state index in [-0.39, 0.29) is 0 Å². The van der Waals surface area contributed by atoms with Gasteiger partial charge in [-0.1, -0.05) is 24.3 Å². The van der Waals surface area contributed by atoms with Crippen LogP contribution >= 0.6 is 0 Å². The van der Waals surface area contributed by atoms with Crippen molar-refractivity contribution in [2.45, 2.75) is 32.2 Å². The molecule has 1 N–H and O–H groups in total. The molecule has 3 rings (SSSR count). The van der Waals surface area contributed by atoms with Crippen LogP contribution in [0.4, 0.5) is 5.69 Å². The van der Waals surface area contributed by atoms with Crippen LogP contribution < -0.4 is 5.32 Å². The van der Waals surface area contributed by atoms with Crippen LogP contribution in [0.25, 0.3) is 0 Å². The van der Waals surface area contributed by atoms with Crippen molar-refractivity contribution in [3.63, 3.8) is 0 Å². The maximum atomic E-state index is 8.67. The van der Waals surface area contributed by atoms with E-state index in [2.05, 4.69) is 42.6 Å². The number of nitriles is 1. The topological polar surface area (TPSA) is 35.8 Å². The van der Waals surface area contributed by atoms with E-state index in [1.807, 2.05) is 12.1 Å². The molecule has 2 aliphatic carbocycles. The molecule has 1 aromatic rings. The quantitative estimate of drug-likeness (QED) is 0.828. The number of nitrogens with zero attached hydrogens (tertiary/aromatic N) is 1. The third kappa shape index (κ3) is 2.51. The number of hydrogen-bond donors (Lipinski definition) is 1. The second-order valence-corrected chi connectivity index (χ2v) is 5.91. The number of nitrogens with one attached hydrogen (secondary N) is 1. The van der Waals surface area contributed by atoms with Gasteiger partial charge in [0, 0.05) is 11.7 Å². The highest BCUT2D eigenvalue weighted by atomic mass is 14.9. The van der Waals surface area contributed by atoms with Crippen LogP contribution in [0, 0.1) is 29.1 Å². The summed E-state index contributed by atoms with van der Waals surface area (Å²) in [5.41, 5.74) is 2.25. The van der Waals surface area contributed by atoms with Crippen molar-refractivity contribution in [1.29, 1.82) is 5.26 Å². The second-order valence-electron chi connectivity index (χ2n) is 5.91. The SMILES string of the molecule is CC(Nc1ccc(CC#N)cc1)C1CC2C=CC1C2. The zero-order chi connectivity index (χ0) is 13.2. The highest BCUT2D eigenvalue weighted by molar-refractivity contribution is 5.46. The molecule has 0 spiro atoms. The minimum absolute atomic E-state index is 0.493. The van der Waals surface area contributed by atoms with Crippen molar-refractivity contribution in [1.82, 2.24) is 0 Å². The molecule has 0 radical (unpaired) electrons. The molecule has 2 nitrogen and oxygen atoms in total. The van der Waals surface area contributed by atoms with Gasteiger partial charge >= 0.3 is 0 Å². The van der Waals surface area contributed by atoms with Crippen LogP contribution in [0.15, 0.2) is 36.4 Å². The summed E-state index contributed by atoms with van der Waals surface area (Å²) in [5.74, 6) is 2.39. The van der Waals surface area contributed by atoms with Crippen molar-refractivity contribution in [2.24, 2.45) is 17.8 Å².